The fraction of sp³-hybridized carbons (Fsp3) is 0.133. The molecular weight excluding hydrogens is 366 g/mol. The van der Waals surface area contributed by atoms with Gasteiger partial charge in [0.2, 0.25) is 16.7 Å². The third-order valence-electron chi connectivity index (χ3n) is 3.20. The molecule has 0 aliphatic rings. The zero-order valence-corrected chi connectivity index (χ0v) is 14.2. The Morgan fingerprint density at radius 2 is 1.92 bits per heavy atom. The van der Waals surface area contributed by atoms with Gasteiger partial charge in [0.1, 0.15) is 5.75 Å². The molecule has 0 amide bonds. The Balaban J connectivity index is 1.64. The number of carbonyl (C=O) groups is 1. The largest absolute Gasteiger partial charge is 0.497 e. The average molecular weight is 379 g/mol. The normalized spacial score (nSPS) is 11.3. The lowest BCUT2D eigenvalue weighted by Crippen LogP contribution is -2.11. The molecule has 1 aromatic carbocycles. The van der Waals surface area contributed by atoms with Crippen molar-refractivity contribution in [3.8, 4) is 17.2 Å². The number of nitrogens with zero attached hydrogens (tertiary/aromatic N) is 2. The summed E-state index contributed by atoms with van der Waals surface area (Å²) >= 11 is 0. The summed E-state index contributed by atoms with van der Waals surface area (Å²) < 4.78 is 42.2. The molecule has 136 valence electrons. The summed E-state index contributed by atoms with van der Waals surface area (Å²) in [5, 5.41) is 8.07. The Hall–Kier alpha value is -3.18. The second-order valence-corrected chi connectivity index (χ2v) is 6.48. The summed E-state index contributed by atoms with van der Waals surface area (Å²) in [5.41, 5.74) is 0.666. The first-order valence-corrected chi connectivity index (χ1v) is 8.68. The third kappa shape index (κ3) is 3.90. The lowest BCUT2D eigenvalue weighted by Gasteiger charge is -1.99. The van der Waals surface area contributed by atoms with E-state index in [2.05, 4.69) is 10.1 Å². The lowest BCUT2D eigenvalue weighted by atomic mass is 10.2. The molecule has 2 aromatic heterocycles. The second-order valence-electron chi connectivity index (χ2n) is 4.98. The minimum atomic E-state index is -4.04. The van der Waals surface area contributed by atoms with E-state index in [0.29, 0.717) is 11.3 Å². The minimum Gasteiger partial charge on any atom is -0.497 e. The smallest absolute Gasteiger partial charge is 0.374 e. The molecule has 0 radical (unpaired) electrons. The van der Waals surface area contributed by atoms with E-state index < -0.39 is 21.1 Å². The molecule has 0 unspecified atom stereocenters. The highest BCUT2D eigenvalue weighted by Crippen LogP contribution is 2.21. The van der Waals surface area contributed by atoms with E-state index in [1.807, 2.05) is 0 Å². The third-order valence-corrected chi connectivity index (χ3v) is 3.98. The van der Waals surface area contributed by atoms with Crippen LogP contribution in [0.25, 0.3) is 11.5 Å². The van der Waals surface area contributed by atoms with Gasteiger partial charge in [-0.1, -0.05) is 5.16 Å². The van der Waals surface area contributed by atoms with Gasteiger partial charge in [0, 0.05) is 5.56 Å². The van der Waals surface area contributed by atoms with Gasteiger partial charge in [-0.25, -0.2) is 18.4 Å². The SMILES string of the molecule is COc1ccc(-c2nc(COC(=O)c3ccc(S(N)(=O)=O)o3)no2)cc1. The molecule has 0 aliphatic heterocycles. The number of benzene rings is 1. The minimum absolute atomic E-state index is 0.127. The molecule has 10 nitrogen and oxygen atoms in total. The molecule has 0 bridgehead atoms. The van der Waals surface area contributed by atoms with E-state index in [0.717, 1.165) is 12.1 Å². The van der Waals surface area contributed by atoms with Gasteiger partial charge in [0.05, 0.1) is 7.11 Å². The first-order valence-electron chi connectivity index (χ1n) is 7.13. The summed E-state index contributed by atoms with van der Waals surface area (Å²) in [7, 11) is -2.48. The van der Waals surface area contributed by atoms with Crippen molar-refractivity contribution in [2.75, 3.05) is 7.11 Å². The number of furan rings is 1. The van der Waals surface area contributed by atoms with Gasteiger partial charge in [-0.05, 0) is 36.4 Å². The van der Waals surface area contributed by atoms with Crippen LogP contribution in [0.5, 0.6) is 5.75 Å². The van der Waals surface area contributed by atoms with Crippen molar-refractivity contribution in [1.82, 2.24) is 10.1 Å². The van der Waals surface area contributed by atoms with E-state index in [1.165, 1.54) is 0 Å². The molecular formula is C15H13N3O7S. The fourth-order valence-corrected chi connectivity index (χ4v) is 2.41. The zero-order valence-electron chi connectivity index (χ0n) is 13.4. The average Bonchev–Trinajstić information content (AvgIpc) is 3.29. The zero-order chi connectivity index (χ0) is 18.7. The number of methoxy groups -OCH3 is 1. The van der Waals surface area contributed by atoms with Crippen molar-refractivity contribution >= 4 is 16.0 Å². The van der Waals surface area contributed by atoms with Crippen LogP contribution in [0.4, 0.5) is 0 Å². The summed E-state index contributed by atoms with van der Waals surface area (Å²) in [6, 6.07) is 9.14. The predicted octanol–water partition coefficient (Wildman–Crippen LogP) is 1.34. The molecule has 0 atom stereocenters. The van der Waals surface area contributed by atoms with E-state index >= 15 is 0 Å². The standard InChI is InChI=1S/C15H13N3O7S/c1-22-10-4-2-9(3-5-10)14-17-12(18-25-14)8-23-15(19)11-6-7-13(24-11)26(16,20)21/h2-7H,8H2,1H3,(H2,16,20,21). The second kappa shape index (κ2) is 6.98. The van der Waals surface area contributed by atoms with Gasteiger partial charge < -0.3 is 18.4 Å². The number of ether oxygens (including phenoxy) is 2. The van der Waals surface area contributed by atoms with Crippen molar-refractivity contribution < 1.29 is 31.6 Å². The molecule has 0 saturated carbocycles. The number of esters is 1. The van der Waals surface area contributed by atoms with Crippen molar-refractivity contribution in [2.45, 2.75) is 11.7 Å². The summed E-state index contributed by atoms with van der Waals surface area (Å²) in [6.07, 6.45) is 0. The first kappa shape index (κ1) is 17.6. The number of primary sulfonamides is 1. The molecule has 0 aliphatic carbocycles. The monoisotopic (exact) mass is 379 g/mol. The number of carbonyl (C=O) groups excluding carboxylic acids is 1. The topological polar surface area (TPSA) is 148 Å². The summed E-state index contributed by atoms with van der Waals surface area (Å²) in [5.74, 6) is -0.154. The van der Waals surface area contributed by atoms with Crippen LogP contribution in [-0.4, -0.2) is 31.6 Å². The number of hydrogen-bond donors (Lipinski definition) is 1. The molecule has 0 fully saturated rings. The highest BCUT2D eigenvalue weighted by atomic mass is 32.2. The number of nitrogens with two attached hydrogens (primary N) is 1. The van der Waals surface area contributed by atoms with Gasteiger partial charge in [-0.2, -0.15) is 4.98 Å². The van der Waals surface area contributed by atoms with E-state index in [4.69, 9.17) is 23.6 Å². The molecule has 11 heteroatoms. The fourth-order valence-electron chi connectivity index (χ4n) is 1.95. The lowest BCUT2D eigenvalue weighted by molar-refractivity contribution is 0.0417. The van der Waals surface area contributed by atoms with Crippen LogP contribution < -0.4 is 9.88 Å². The maximum Gasteiger partial charge on any atom is 0.374 e. The first-order chi connectivity index (χ1) is 12.4. The summed E-state index contributed by atoms with van der Waals surface area (Å²) in [4.78, 5) is 16.0. The maximum absolute atomic E-state index is 11.9. The van der Waals surface area contributed by atoms with Crippen molar-refractivity contribution in [3.05, 3.63) is 48.0 Å². The van der Waals surface area contributed by atoms with Gasteiger partial charge in [0.15, 0.2) is 6.61 Å². The predicted molar refractivity (Wildman–Crippen MR) is 85.5 cm³/mol. The van der Waals surface area contributed by atoms with E-state index in [-0.39, 0.29) is 24.1 Å². The van der Waals surface area contributed by atoms with Crippen LogP contribution in [0, 0.1) is 0 Å². The van der Waals surface area contributed by atoms with E-state index in [9.17, 15) is 13.2 Å². The van der Waals surface area contributed by atoms with Crippen LogP contribution in [0.15, 0.2) is 50.4 Å². The van der Waals surface area contributed by atoms with Gasteiger partial charge in [-0.15, -0.1) is 0 Å². The van der Waals surface area contributed by atoms with Crippen LogP contribution in [0.3, 0.4) is 0 Å². The number of sulfonamides is 1. The van der Waals surface area contributed by atoms with Crippen molar-refractivity contribution in [1.29, 1.82) is 0 Å². The highest BCUT2D eigenvalue weighted by Gasteiger charge is 2.19. The number of rotatable bonds is 6. The molecule has 2 heterocycles. The van der Waals surface area contributed by atoms with Gasteiger partial charge in [-0.3, -0.25) is 0 Å². The maximum atomic E-state index is 11.9. The van der Waals surface area contributed by atoms with Gasteiger partial charge >= 0.3 is 5.97 Å². The molecule has 3 aromatic rings. The Bertz CT molecular complexity index is 1020. The Labute approximate surface area is 147 Å². The Morgan fingerprint density at radius 3 is 2.54 bits per heavy atom. The van der Waals surface area contributed by atoms with Crippen molar-refractivity contribution in [2.24, 2.45) is 5.14 Å². The molecule has 0 saturated heterocycles. The molecule has 3 rings (SSSR count). The summed E-state index contributed by atoms with van der Waals surface area (Å²) in [6.45, 7) is -0.288. The molecule has 26 heavy (non-hydrogen) atoms. The van der Waals surface area contributed by atoms with Crippen LogP contribution in [0.1, 0.15) is 16.4 Å². The van der Waals surface area contributed by atoms with Gasteiger partial charge in [0.25, 0.3) is 15.9 Å². The van der Waals surface area contributed by atoms with E-state index in [1.54, 1.807) is 31.4 Å². The van der Waals surface area contributed by atoms with Crippen molar-refractivity contribution in [3.63, 3.8) is 0 Å². The van der Waals surface area contributed by atoms with Crippen LogP contribution in [0.2, 0.25) is 0 Å². The number of aromatic nitrogens is 2. The Kier molecular flexibility index (Phi) is 4.73. The van der Waals surface area contributed by atoms with Crippen LogP contribution >= 0.6 is 0 Å². The number of hydrogen-bond acceptors (Lipinski definition) is 9. The molecule has 2 N–H and O–H groups in total. The quantitative estimate of drug-likeness (QED) is 0.626. The molecule has 0 spiro atoms. The highest BCUT2D eigenvalue weighted by molar-refractivity contribution is 7.89. The Morgan fingerprint density at radius 1 is 1.19 bits per heavy atom. The van der Waals surface area contributed by atoms with Crippen LogP contribution in [-0.2, 0) is 21.4 Å².